The van der Waals surface area contributed by atoms with Crippen molar-refractivity contribution in [2.45, 2.75) is 26.2 Å². The van der Waals surface area contributed by atoms with Gasteiger partial charge in [0.2, 0.25) is 0 Å². The second-order valence-electron chi connectivity index (χ2n) is 5.87. The Bertz CT molecular complexity index is 715. The van der Waals surface area contributed by atoms with Gasteiger partial charge < -0.3 is 14.8 Å². The number of alkyl carbamates (subject to hydrolysis) is 1. The average molecular weight is 353 g/mol. The van der Waals surface area contributed by atoms with Crippen LogP contribution in [-0.4, -0.2) is 18.1 Å². The van der Waals surface area contributed by atoms with E-state index in [4.69, 9.17) is 9.47 Å². The van der Waals surface area contributed by atoms with Gasteiger partial charge in [0.1, 0.15) is 19.3 Å². The van der Waals surface area contributed by atoms with Crippen molar-refractivity contribution in [3.8, 4) is 0 Å². The first kappa shape index (κ1) is 19.2. The summed E-state index contributed by atoms with van der Waals surface area (Å²) in [7, 11) is 0. The summed E-state index contributed by atoms with van der Waals surface area (Å²) in [6, 6.07) is 17.8. The van der Waals surface area contributed by atoms with Crippen molar-refractivity contribution >= 4 is 12.1 Å². The quantitative estimate of drug-likeness (QED) is 0.578. The number of amides is 1. The van der Waals surface area contributed by atoms with Crippen LogP contribution in [0.3, 0.4) is 0 Å². The molecular formula is C21H23NO4. The van der Waals surface area contributed by atoms with Crippen LogP contribution in [0, 0.1) is 5.92 Å². The van der Waals surface area contributed by atoms with Gasteiger partial charge in [-0.25, -0.2) is 9.59 Å². The maximum atomic E-state index is 12.4. The number of hydrogen-bond donors (Lipinski definition) is 1. The lowest BCUT2D eigenvalue weighted by Gasteiger charge is -2.21. The molecule has 2 rings (SSSR count). The maximum absolute atomic E-state index is 12.4. The van der Waals surface area contributed by atoms with Gasteiger partial charge in [-0.2, -0.15) is 0 Å². The summed E-state index contributed by atoms with van der Waals surface area (Å²) >= 11 is 0. The molecule has 5 heteroatoms. The predicted molar refractivity (Wildman–Crippen MR) is 99.1 cm³/mol. The monoisotopic (exact) mass is 353 g/mol. The van der Waals surface area contributed by atoms with Crippen molar-refractivity contribution < 1.29 is 19.1 Å². The van der Waals surface area contributed by atoms with Gasteiger partial charge in [0, 0.05) is 5.92 Å². The Morgan fingerprint density at radius 1 is 0.962 bits per heavy atom. The minimum absolute atomic E-state index is 0.126. The number of carbonyl (C=O) groups excluding carboxylic acids is 2. The van der Waals surface area contributed by atoms with Crippen LogP contribution in [0.2, 0.25) is 0 Å². The van der Waals surface area contributed by atoms with Crippen LogP contribution in [0.1, 0.15) is 18.1 Å². The fourth-order valence-electron chi connectivity index (χ4n) is 2.25. The zero-order valence-corrected chi connectivity index (χ0v) is 14.8. The lowest BCUT2D eigenvalue weighted by molar-refractivity contribution is -0.148. The molecule has 26 heavy (non-hydrogen) atoms. The van der Waals surface area contributed by atoms with Crippen molar-refractivity contribution in [3.63, 3.8) is 0 Å². The van der Waals surface area contributed by atoms with E-state index >= 15 is 0 Å². The molecule has 1 amide bonds. The van der Waals surface area contributed by atoms with Crippen LogP contribution in [0.5, 0.6) is 0 Å². The molecule has 2 aromatic carbocycles. The number of benzene rings is 2. The molecular weight excluding hydrogens is 330 g/mol. The summed E-state index contributed by atoms with van der Waals surface area (Å²) < 4.78 is 10.5. The van der Waals surface area contributed by atoms with E-state index in [1.165, 1.54) is 0 Å². The van der Waals surface area contributed by atoms with E-state index in [0.717, 1.165) is 11.1 Å². The maximum Gasteiger partial charge on any atom is 0.408 e. The second kappa shape index (κ2) is 10.0. The lowest BCUT2D eigenvalue weighted by atomic mass is 10.0. The first-order chi connectivity index (χ1) is 12.6. The van der Waals surface area contributed by atoms with Crippen molar-refractivity contribution in [1.29, 1.82) is 0 Å². The summed E-state index contributed by atoms with van der Waals surface area (Å²) in [6.07, 6.45) is 0.913. The van der Waals surface area contributed by atoms with Crippen molar-refractivity contribution in [2.24, 2.45) is 5.92 Å². The second-order valence-corrected chi connectivity index (χ2v) is 5.87. The first-order valence-electron chi connectivity index (χ1n) is 8.40. The van der Waals surface area contributed by atoms with E-state index in [1.807, 2.05) is 60.7 Å². The van der Waals surface area contributed by atoms with Crippen molar-refractivity contribution in [2.75, 3.05) is 0 Å². The Balaban J connectivity index is 1.90. The van der Waals surface area contributed by atoms with E-state index in [0.29, 0.717) is 0 Å². The molecule has 0 saturated heterocycles. The zero-order valence-electron chi connectivity index (χ0n) is 14.8. The highest BCUT2D eigenvalue weighted by atomic mass is 16.6. The molecule has 0 radical (unpaired) electrons. The standard InChI is InChI=1S/C21H23NO4/c1-3-16(2)19(20(23)25-14-17-10-6-4-7-11-17)22-21(24)26-15-18-12-8-5-9-13-18/h3-13,16,19H,1,14-15H2,2H3,(H,22,24)/t16-,19-/m0/s1. The summed E-state index contributed by atoms with van der Waals surface area (Å²) in [4.78, 5) is 24.4. The number of esters is 1. The van der Waals surface area contributed by atoms with Gasteiger partial charge in [0.15, 0.2) is 0 Å². The summed E-state index contributed by atoms with van der Waals surface area (Å²) in [5.74, 6) is -0.833. The SMILES string of the molecule is C=C[C@H](C)[C@H](NC(=O)OCc1ccccc1)C(=O)OCc1ccccc1. The normalized spacial score (nSPS) is 12.5. The van der Waals surface area contributed by atoms with E-state index in [2.05, 4.69) is 11.9 Å². The lowest BCUT2D eigenvalue weighted by Crippen LogP contribution is -2.45. The highest BCUT2D eigenvalue weighted by molar-refractivity contribution is 5.81. The molecule has 0 bridgehead atoms. The molecule has 0 aromatic heterocycles. The van der Waals surface area contributed by atoms with E-state index in [-0.39, 0.29) is 19.1 Å². The van der Waals surface area contributed by atoms with Gasteiger partial charge in [-0.05, 0) is 11.1 Å². The summed E-state index contributed by atoms with van der Waals surface area (Å²) in [5, 5.41) is 2.57. The third-order valence-corrected chi connectivity index (χ3v) is 3.86. The van der Waals surface area contributed by atoms with E-state index < -0.39 is 18.1 Å². The Hall–Kier alpha value is -3.08. The Labute approximate surface area is 153 Å². The molecule has 5 nitrogen and oxygen atoms in total. The molecule has 0 unspecified atom stereocenters. The van der Waals surface area contributed by atoms with Gasteiger partial charge in [0.05, 0.1) is 0 Å². The van der Waals surface area contributed by atoms with Crippen LogP contribution >= 0.6 is 0 Å². The van der Waals surface area contributed by atoms with Crippen molar-refractivity contribution in [3.05, 3.63) is 84.4 Å². The number of rotatable bonds is 8. The zero-order chi connectivity index (χ0) is 18.8. The molecule has 0 spiro atoms. The minimum atomic E-state index is -0.862. The van der Waals surface area contributed by atoms with Crippen LogP contribution in [0.4, 0.5) is 4.79 Å². The Kier molecular flexibility index (Phi) is 7.43. The van der Waals surface area contributed by atoms with E-state index in [1.54, 1.807) is 13.0 Å². The molecule has 0 aliphatic carbocycles. The van der Waals surface area contributed by atoms with Crippen molar-refractivity contribution in [1.82, 2.24) is 5.32 Å². The molecule has 2 atom stereocenters. The molecule has 0 fully saturated rings. The van der Waals surface area contributed by atoms with Crippen LogP contribution < -0.4 is 5.32 Å². The first-order valence-corrected chi connectivity index (χ1v) is 8.40. The smallest absolute Gasteiger partial charge is 0.408 e. The Morgan fingerprint density at radius 2 is 1.46 bits per heavy atom. The molecule has 1 N–H and O–H groups in total. The molecule has 0 heterocycles. The van der Waals surface area contributed by atoms with Gasteiger partial charge in [-0.1, -0.05) is 73.7 Å². The number of carbonyl (C=O) groups is 2. The van der Waals surface area contributed by atoms with Gasteiger partial charge >= 0.3 is 12.1 Å². The largest absolute Gasteiger partial charge is 0.459 e. The van der Waals surface area contributed by atoms with Gasteiger partial charge in [-0.15, -0.1) is 6.58 Å². The van der Waals surface area contributed by atoms with E-state index in [9.17, 15) is 9.59 Å². The predicted octanol–water partition coefficient (Wildman–Crippen LogP) is 3.85. The number of hydrogen-bond acceptors (Lipinski definition) is 4. The van der Waals surface area contributed by atoms with Gasteiger partial charge in [0.25, 0.3) is 0 Å². The topological polar surface area (TPSA) is 64.6 Å². The van der Waals surface area contributed by atoms with Crippen LogP contribution in [0.15, 0.2) is 73.3 Å². The van der Waals surface area contributed by atoms with Gasteiger partial charge in [-0.3, -0.25) is 0 Å². The fraction of sp³-hybridized carbons (Fsp3) is 0.238. The molecule has 136 valence electrons. The third-order valence-electron chi connectivity index (χ3n) is 3.86. The Morgan fingerprint density at radius 3 is 1.96 bits per heavy atom. The average Bonchev–Trinajstić information content (AvgIpc) is 2.69. The highest BCUT2D eigenvalue weighted by Crippen LogP contribution is 2.10. The molecule has 2 aromatic rings. The molecule has 0 aliphatic rings. The summed E-state index contributed by atoms with van der Waals surface area (Å²) in [6.45, 7) is 5.73. The molecule has 0 aliphatic heterocycles. The highest BCUT2D eigenvalue weighted by Gasteiger charge is 2.27. The third kappa shape index (κ3) is 6.09. The molecule has 0 saturated carbocycles. The number of ether oxygens (including phenoxy) is 2. The fourth-order valence-corrected chi connectivity index (χ4v) is 2.25. The van der Waals surface area contributed by atoms with Crippen LogP contribution in [0.25, 0.3) is 0 Å². The minimum Gasteiger partial charge on any atom is -0.459 e. The van der Waals surface area contributed by atoms with Crippen LogP contribution in [-0.2, 0) is 27.5 Å². The summed E-state index contributed by atoms with van der Waals surface area (Å²) in [5.41, 5.74) is 1.74. The number of nitrogens with one attached hydrogen (secondary N) is 1.